The average Bonchev–Trinajstić information content (AvgIpc) is 2.67. The number of aromatic nitrogens is 2. The largest absolute Gasteiger partial charge is 0.378 e. The minimum atomic E-state index is -0.482. The van der Waals surface area contributed by atoms with Crippen molar-refractivity contribution in [1.82, 2.24) is 9.97 Å². The van der Waals surface area contributed by atoms with Crippen LogP contribution in [0.2, 0.25) is 0 Å². The molecule has 0 aliphatic heterocycles. The summed E-state index contributed by atoms with van der Waals surface area (Å²) in [5, 5.41) is 14.7. The summed E-state index contributed by atoms with van der Waals surface area (Å²) in [7, 11) is 3.96. The lowest BCUT2D eigenvalue weighted by molar-refractivity contribution is -0.385. The first-order valence-electron chi connectivity index (χ1n) is 9.90. The minimum absolute atomic E-state index is 0.101. The zero-order valence-electron chi connectivity index (χ0n) is 17.0. The number of rotatable bonds is 7. The molecule has 1 fully saturated rings. The van der Waals surface area contributed by atoms with Gasteiger partial charge in [0.1, 0.15) is 5.69 Å². The van der Waals surface area contributed by atoms with Crippen molar-refractivity contribution < 1.29 is 4.92 Å². The smallest absolute Gasteiger partial charge is 0.332 e. The van der Waals surface area contributed by atoms with Gasteiger partial charge in [0, 0.05) is 32.4 Å². The molecule has 1 aliphatic carbocycles. The van der Waals surface area contributed by atoms with E-state index in [1.807, 2.05) is 43.3 Å². The fourth-order valence-electron chi connectivity index (χ4n) is 3.88. The van der Waals surface area contributed by atoms with Gasteiger partial charge in [-0.25, -0.2) is 4.98 Å². The Morgan fingerprint density at radius 2 is 1.90 bits per heavy atom. The van der Waals surface area contributed by atoms with Gasteiger partial charge < -0.3 is 21.7 Å². The highest BCUT2D eigenvalue weighted by Gasteiger charge is 2.27. The number of hydrogen-bond acceptors (Lipinski definition) is 8. The summed E-state index contributed by atoms with van der Waals surface area (Å²) in [6.45, 7) is 0.489. The van der Waals surface area contributed by atoms with Crippen molar-refractivity contribution in [3.8, 4) is 0 Å². The third-order valence-corrected chi connectivity index (χ3v) is 5.45. The Bertz CT molecular complexity index is 864. The second-order valence-electron chi connectivity index (χ2n) is 7.85. The second kappa shape index (κ2) is 9.04. The van der Waals surface area contributed by atoms with Gasteiger partial charge >= 0.3 is 5.69 Å². The van der Waals surface area contributed by atoms with Crippen molar-refractivity contribution in [1.29, 1.82) is 0 Å². The third-order valence-electron chi connectivity index (χ3n) is 5.45. The van der Waals surface area contributed by atoms with Crippen molar-refractivity contribution in [2.75, 3.05) is 30.0 Å². The van der Waals surface area contributed by atoms with Gasteiger partial charge in [-0.1, -0.05) is 18.2 Å². The summed E-state index contributed by atoms with van der Waals surface area (Å²) < 4.78 is 0. The number of benzene rings is 1. The number of anilines is 3. The second-order valence-corrected chi connectivity index (χ2v) is 7.85. The molecule has 0 radical (unpaired) electrons. The molecule has 0 bridgehead atoms. The molecule has 0 saturated heterocycles. The number of nitro groups is 1. The van der Waals surface area contributed by atoms with Crippen LogP contribution in [0.15, 0.2) is 24.3 Å². The summed E-state index contributed by atoms with van der Waals surface area (Å²) >= 11 is 0. The fourth-order valence-corrected chi connectivity index (χ4v) is 3.88. The lowest BCUT2D eigenvalue weighted by Crippen LogP contribution is -2.27. The highest BCUT2D eigenvalue weighted by Crippen LogP contribution is 2.32. The van der Waals surface area contributed by atoms with Crippen molar-refractivity contribution in [2.45, 2.75) is 44.7 Å². The summed E-state index contributed by atoms with van der Waals surface area (Å²) in [5.74, 6) is 0.533. The fraction of sp³-hybridized carbons (Fsp3) is 0.500. The van der Waals surface area contributed by atoms with Gasteiger partial charge in [0.25, 0.3) is 0 Å². The highest BCUT2D eigenvalue weighted by molar-refractivity contribution is 5.59. The molecule has 9 nitrogen and oxygen atoms in total. The Kier molecular flexibility index (Phi) is 6.48. The molecule has 0 amide bonds. The predicted molar refractivity (Wildman–Crippen MR) is 115 cm³/mol. The Morgan fingerprint density at radius 1 is 1.21 bits per heavy atom. The molecule has 156 valence electrons. The summed E-state index contributed by atoms with van der Waals surface area (Å²) in [5.41, 5.74) is 14.3. The van der Waals surface area contributed by atoms with E-state index in [-0.39, 0.29) is 17.5 Å². The van der Waals surface area contributed by atoms with E-state index in [0.717, 1.165) is 36.9 Å². The molecule has 0 unspecified atom stereocenters. The van der Waals surface area contributed by atoms with E-state index in [1.54, 1.807) is 0 Å². The van der Waals surface area contributed by atoms with E-state index in [0.29, 0.717) is 30.5 Å². The first-order valence-corrected chi connectivity index (χ1v) is 9.90. The maximum atomic E-state index is 11.5. The van der Waals surface area contributed by atoms with E-state index in [1.165, 1.54) is 0 Å². The quantitative estimate of drug-likeness (QED) is 0.477. The first-order chi connectivity index (χ1) is 13.8. The molecule has 2 aromatic rings. The van der Waals surface area contributed by atoms with E-state index in [2.05, 4.69) is 15.3 Å². The zero-order chi connectivity index (χ0) is 21.0. The topological polar surface area (TPSA) is 136 Å². The van der Waals surface area contributed by atoms with Crippen LogP contribution in [-0.4, -0.2) is 35.0 Å². The Balaban J connectivity index is 1.81. The number of nitrogens with zero attached hydrogens (tertiary/aromatic N) is 4. The number of nitrogen functional groups attached to an aromatic ring is 1. The predicted octanol–water partition coefficient (Wildman–Crippen LogP) is 2.71. The molecule has 1 heterocycles. The molecule has 5 N–H and O–H groups in total. The van der Waals surface area contributed by atoms with Crippen LogP contribution >= 0.6 is 0 Å². The Hall–Kier alpha value is -2.94. The molecular weight excluding hydrogens is 370 g/mol. The monoisotopic (exact) mass is 399 g/mol. The van der Waals surface area contributed by atoms with Crippen molar-refractivity contribution in [2.24, 2.45) is 11.7 Å². The maximum absolute atomic E-state index is 11.5. The van der Waals surface area contributed by atoms with Crippen molar-refractivity contribution in [3.63, 3.8) is 0 Å². The first kappa shape index (κ1) is 20.8. The van der Waals surface area contributed by atoms with Crippen molar-refractivity contribution in [3.05, 3.63) is 45.6 Å². The van der Waals surface area contributed by atoms with Gasteiger partial charge in [0.2, 0.25) is 11.8 Å². The highest BCUT2D eigenvalue weighted by atomic mass is 16.6. The number of nitrogens with one attached hydrogen (secondary N) is 1. The van der Waals surface area contributed by atoms with Gasteiger partial charge in [-0.3, -0.25) is 10.1 Å². The van der Waals surface area contributed by atoms with Gasteiger partial charge in [-0.15, -0.1) is 0 Å². The Morgan fingerprint density at radius 3 is 2.55 bits per heavy atom. The van der Waals surface area contributed by atoms with Crippen LogP contribution in [0.25, 0.3) is 0 Å². The summed E-state index contributed by atoms with van der Waals surface area (Å²) in [4.78, 5) is 21.7. The van der Waals surface area contributed by atoms with E-state index in [4.69, 9.17) is 11.5 Å². The molecule has 1 aliphatic rings. The SMILES string of the molecule is CN(C)c1ccccc1CNc1nc(N)c([N+](=O)[O-])c(C[C@H]2CC[C@H](N)CC2)n1. The molecule has 29 heavy (non-hydrogen) atoms. The van der Waals surface area contributed by atoms with E-state index < -0.39 is 4.92 Å². The molecule has 1 saturated carbocycles. The lowest BCUT2D eigenvalue weighted by Gasteiger charge is -2.25. The normalized spacial score (nSPS) is 19.0. The van der Waals surface area contributed by atoms with Gasteiger partial charge in [0.15, 0.2) is 0 Å². The van der Waals surface area contributed by atoms with Crippen LogP contribution in [0.5, 0.6) is 0 Å². The maximum Gasteiger partial charge on any atom is 0.332 e. The summed E-state index contributed by atoms with van der Waals surface area (Å²) in [6, 6.07) is 8.22. The molecule has 0 spiro atoms. The van der Waals surface area contributed by atoms with Crippen LogP contribution in [0.1, 0.15) is 36.9 Å². The van der Waals surface area contributed by atoms with Crippen LogP contribution < -0.4 is 21.7 Å². The molecular formula is C20H29N7O2. The van der Waals surface area contributed by atoms with Gasteiger partial charge in [-0.05, 0) is 49.7 Å². The van der Waals surface area contributed by atoms with Crippen LogP contribution in [0, 0.1) is 16.0 Å². The zero-order valence-corrected chi connectivity index (χ0v) is 17.0. The van der Waals surface area contributed by atoms with E-state index in [9.17, 15) is 10.1 Å². The lowest BCUT2D eigenvalue weighted by atomic mass is 9.83. The summed E-state index contributed by atoms with van der Waals surface area (Å²) in [6.07, 6.45) is 4.28. The molecule has 3 rings (SSSR count). The van der Waals surface area contributed by atoms with Gasteiger partial charge in [-0.2, -0.15) is 4.98 Å². The average molecular weight is 399 g/mol. The van der Waals surface area contributed by atoms with Crippen LogP contribution in [0.3, 0.4) is 0 Å². The van der Waals surface area contributed by atoms with Crippen molar-refractivity contribution >= 4 is 23.1 Å². The van der Waals surface area contributed by atoms with Crippen LogP contribution in [-0.2, 0) is 13.0 Å². The number of hydrogen-bond donors (Lipinski definition) is 3. The van der Waals surface area contributed by atoms with Gasteiger partial charge in [0.05, 0.1) is 4.92 Å². The molecule has 1 aromatic carbocycles. The third kappa shape index (κ3) is 5.11. The Labute approximate surface area is 170 Å². The standard InChI is InChI=1S/C20H29N7O2/c1-26(2)17-6-4-3-5-14(17)12-23-20-24-16(18(27(28)29)19(22)25-20)11-13-7-9-15(21)10-8-13/h3-6,13,15H,7-12,21H2,1-2H3,(H3,22,23,24,25)/t13-,15-. The van der Waals surface area contributed by atoms with E-state index >= 15 is 0 Å². The molecule has 0 atom stereocenters. The molecule has 9 heteroatoms. The number of nitrogens with two attached hydrogens (primary N) is 2. The number of para-hydroxylation sites is 1. The molecule has 1 aromatic heterocycles. The minimum Gasteiger partial charge on any atom is -0.378 e. The van der Waals surface area contributed by atoms with Crippen LogP contribution in [0.4, 0.5) is 23.1 Å².